The van der Waals surface area contributed by atoms with Crippen molar-refractivity contribution in [1.29, 1.82) is 0 Å². The van der Waals surface area contributed by atoms with E-state index in [0.717, 1.165) is 24.2 Å². The van der Waals surface area contributed by atoms with E-state index in [1.165, 1.54) is 0 Å². The topological polar surface area (TPSA) is 56.8 Å². The van der Waals surface area contributed by atoms with Crippen LogP contribution in [0.3, 0.4) is 0 Å². The van der Waals surface area contributed by atoms with Gasteiger partial charge in [-0.05, 0) is 30.5 Å². The molecule has 5 nitrogen and oxygen atoms in total. The Labute approximate surface area is 125 Å². The van der Waals surface area contributed by atoms with E-state index in [9.17, 15) is 4.79 Å². The van der Waals surface area contributed by atoms with Crippen LogP contribution in [-0.2, 0) is 20.9 Å². The predicted molar refractivity (Wildman–Crippen MR) is 76.7 cm³/mol. The van der Waals surface area contributed by atoms with Gasteiger partial charge in [-0.15, -0.1) is 17.9 Å². The summed E-state index contributed by atoms with van der Waals surface area (Å²) in [7, 11) is 1.63. The molecular formula is C14H20ClNO4. The minimum Gasteiger partial charge on any atom is -0.497 e. The number of ether oxygens (including phenoxy) is 2. The first kappa shape index (κ1) is 16.8. The second-order valence-corrected chi connectivity index (χ2v) is 4.48. The number of rotatable bonds is 5. The summed E-state index contributed by atoms with van der Waals surface area (Å²) in [4.78, 5) is 16.8. The lowest BCUT2D eigenvalue weighted by Gasteiger charge is -2.20. The molecule has 0 radical (unpaired) electrons. The molecule has 0 saturated carbocycles. The summed E-state index contributed by atoms with van der Waals surface area (Å²) in [5.41, 5.74) is 3.73. The smallest absolute Gasteiger partial charge is 0.327 e. The maximum atomic E-state index is 11.7. The summed E-state index contributed by atoms with van der Waals surface area (Å²) in [5.74, 6) is 0.567. The number of hydroxylamine groups is 1. The Kier molecular flexibility index (Phi) is 7.36. The van der Waals surface area contributed by atoms with E-state index < -0.39 is 0 Å². The van der Waals surface area contributed by atoms with Gasteiger partial charge in [0.15, 0.2) is 0 Å². The quantitative estimate of drug-likeness (QED) is 0.844. The zero-order valence-corrected chi connectivity index (χ0v) is 12.3. The number of methoxy groups -OCH3 is 1. The largest absolute Gasteiger partial charge is 0.497 e. The summed E-state index contributed by atoms with van der Waals surface area (Å²) in [6, 6.07) is 7.59. The van der Waals surface area contributed by atoms with Crippen LogP contribution in [0, 0.1) is 5.92 Å². The Morgan fingerprint density at radius 1 is 1.30 bits per heavy atom. The van der Waals surface area contributed by atoms with Gasteiger partial charge in [-0.25, -0.2) is 0 Å². The zero-order chi connectivity index (χ0) is 13.5. The molecule has 1 N–H and O–H groups in total. The van der Waals surface area contributed by atoms with Crippen LogP contribution in [0.25, 0.3) is 0 Å². The summed E-state index contributed by atoms with van der Waals surface area (Å²) in [6.07, 6.45) is 1.48. The zero-order valence-electron chi connectivity index (χ0n) is 11.5. The van der Waals surface area contributed by atoms with E-state index >= 15 is 0 Å². The Bertz CT molecular complexity index is 404. The molecule has 1 aromatic rings. The minimum atomic E-state index is -0.197. The van der Waals surface area contributed by atoms with Gasteiger partial charge < -0.3 is 14.3 Å². The van der Waals surface area contributed by atoms with Crippen molar-refractivity contribution in [3.8, 4) is 5.75 Å². The normalized spacial score (nSPS) is 15.2. The van der Waals surface area contributed by atoms with Crippen molar-refractivity contribution in [2.45, 2.75) is 19.4 Å². The number of hydrogen-bond acceptors (Lipinski definition) is 5. The van der Waals surface area contributed by atoms with Crippen LogP contribution >= 0.6 is 12.4 Å². The van der Waals surface area contributed by atoms with Gasteiger partial charge in [0.05, 0.1) is 19.6 Å². The lowest BCUT2D eigenvalue weighted by Crippen LogP contribution is -2.29. The molecule has 1 aromatic carbocycles. The van der Waals surface area contributed by atoms with Crippen LogP contribution in [0.2, 0.25) is 0 Å². The molecule has 1 aliphatic rings. The van der Waals surface area contributed by atoms with E-state index in [0.29, 0.717) is 19.8 Å². The molecule has 1 heterocycles. The van der Waals surface area contributed by atoms with Crippen LogP contribution < -0.4 is 10.2 Å². The van der Waals surface area contributed by atoms with Crippen molar-refractivity contribution in [3.05, 3.63) is 29.8 Å². The highest BCUT2D eigenvalue weighted by Gasteiger charge is 2.23. The second kappa shape index (κ2) is 8.79. The lowest BCUT2D eigenvalue weighted by atomic mass is 10.0. The third-order valence-electron chi connectivity index (χ3n) is 3.16. The van der Waals surface area contributed by atoms with E-state index in [1.807, 2.05) is 24.3 Å². The van der Waals surface area contributed by atoms with E-state index in [2.05, 4.69) is 5.48 Å². The first-order valence-electron chi connectivity index (χ1n) is 6.44. The van der Waals surface area contributed by atoms with Gasteiger partial charge >= 0.3 is 5.97 Å². The number of carbonyl (C=O) groups is 1. The molecule has 1 aliphatic heterocycles. The van der Waals surface area contributed by atoms with Gasteiger partial charge in [-0.2, -0.15) is 0 Å². The molecule has 112 valence electrons. The molecule has 0 aromatic heterocycles. The van der Waals surface area contributed by atoms with Crippen LogP contribution in [0.1, 0.15) is 18.4 Å². The average Bonchev–Trinajstić information content (AvgIpc) is 2.49. The molecule has 0 spiro atoms. The van der Waals surface area contributed by atoms with Crippen molar-refractivity contribution < 1.29 is 19.1 Å². The van der Waals surface area contributed by atoms with Crippen molar-refractivity contribution in [1.82, 2.24) is 5.48 Å². The molecule has 0 atom stereocenters. The molecule has 0 aliphatic carbocycles. The Morgan fingerprint density at radius 3 is 2.55 bits per heavy atom. The van der Waals surface area contributed by atoms with Gasteiger partial charge in [0, 0.05) is 13.2 Å². The molecule has 0 bridgehead atoms. The van der Waals surface area contributed by atoms with Gasteiger partial charge in [0.25, 0.3) is 0 Å². The number of nitrogens with one attached hydrogen (secondary N) is 1. The fraction of sp³-hybridized carbons (Fsp3) is 0.500. The third-order valence-corrected chi connectivity index (χ3v) is 3.16. The maximum absolute atomic E-state index is 11.7. The highest BCUT2D eigenvalue weighted by atomic mass is 35.5. The van der Waals surface area contributed by atoms with E-state index in [1.54, 1.807) is 7.11 Å². The molecule has 0 amide bonds. The molecule has 1 saturated heterocycles. The minimum absolute atomic E-state index is 0. The van der Waals surface area contributed by atoms with E-state index in [4.69, 9.17) is 14.3 Å². The number of halogens is 1. The highest BCUT2D eigenvalue weighted by Crippen LogP contribution is 2.16. The molecule has 6 heteroatoms. The predicted octanol–water partition coefficient (Wildman–Crippen LogP) is 2.09. The monoisotopic (exact) mass is 301 g/mol. The third kappa shape index (κ3) is 5.00. The van der Waals surface area contributed by atoms with E-state index in [-0.39, 0.29) is 24.3 Å². The van der Waals surface area contributed by atoms with Crippen LogP contribution in [0.5, 0.6) is 5.75 Å². The van der Waals surface area contributed by atoms with Gasteiger partial charge in [-0.1, -0.05) is 12.1 Å². The average molecular weight is 302 g/mol. The van der Waals surface area contributed by atoms with Crippen molar-refractivity contribution in [3.63, 3.8) is 0 Å². The van der Waals surface area contributed by atoms with Crippen LogP contribution in [0.4, 0.5) is 0 Å². The standard InChI is InChI=1S/C14H19NO4.ClH/c1-17-13-4-2-11(3-5-13)10-15-19-14(16)12-6-8-18-9-7-12;/h2-5,12,15H,6-10H2,1H3;1H. The fourth-order valence-electron chi connectivity index (χ4n) is 1.95. The van der Waals surface area contributed by atoms with Crippen molar-refractivity contribution in [2.24, 2.45) is 5.92 Å². The summed E-state index contributed by atoms with van der Waals surface area (Å²) in [5, 5.41) is 0. The molecule has 1 fully saturated rings. The molecular weight excluding hydrogens is 282 g/mol. The fourth-order valence-corrected chi connectivity index (χ4v) is 1.95. The Morgan fingerprint density at radius 2 is 1.95 bits per heavy atom. The summed E-state index contributed by atoms with van der Waals surface area (Å²) < 4.78 is 10.3. The van der Waals surface area contributed by atoms with Crippen molar-refractivity contribution in [2.75, 3.05) is 20.3 Å². The summed E-state index contributed by atoms with van der Waals surface area (Å²) in [6.45, 7) is 1.76. The van der Waals surface area contributed by atoms with Crippen LogP contribution in [-0.4, -0.2) is 26.3 Å². The molecule has 2 rings (SSSR count). The van der Waals surface area contributed by atoms with Crippen molar-refractivity contribution >= 4 is 18.4 Å². The molecule has 0 unspecified atom stereocenters. The first-order valence-corrected chi connectivity index (χ1v) is 6.44. The SMILES string of the molecule is COc1ccc(CNOC(=O)C2CCOCC2)cc1.Cl. The number of hydrogen-bond donors (Lipinski definition) is 1. The maximum Gasteiger partial charge on any atom is 0.327 e. The Hall–Kier alpha value is -1.30. The van der Waals surface area contributed by atoms with Gasteiger partial charge in [-0.3, -0.25) is 4.79 Å². The van der Waals surface area contributed by atoms with Gasteiger partial charge in [0.1, 0.15) is 5.75 Å². The first-order chi connectivity index (χ1) is 9.29. The highest BCUT2D eigenvalue weighted by molar-refractivity contribution is 5.85. The lowest BCUT2D eigenvalue weighted by molar-refractivity contribution is -0.159. The number of carbonyl (C=O) groups excluding carboxylic acids is 1. The summed E-state index contributed by atoms with van der Waals surface area (Å²) >= 11 is 0. The van der Waals surface area contributed by atoms with Crippen LogP contribution in [0.15, 0.2) is 24.3 Å². The Balaban J connectivity index is 0.00000200. The molecule has 20 heavy (non-hydrogen) atoms. The second-order valence-electron chi connectivity index (χ2n) is 4.48. The van der Waals surface area contributed by atoms with Gasteiger partial charge in [0.2, 0.25) is 0 Å². The number of benzene rings is 1.